The van der Waals surface area contributed by atoms with Gasteiger partial charge in [0.15, 0.2) is 5.82 Å². The molecule has 0 aliphatic rings. The number of aliphatic carboxylic acids is 1. The van der Waals surface area contributed by atoms with E-state index in [-0.39, 0.29) is 5.92 Å². The summed E-state index contributed by atoms with van der Waals surface area (Å²) in [7, 11) is 0. The molecule has 2 N–H and O–H groups in total. The minimum atomic E-state index is -1.04. The highest BCUT2D eigenvalue weighted by molar-refractivity contribution is 5.96. The number of amides is 1. The van der Waals surface area contributed by atoms with Crippen LogP contribution in [0.5, 0.6) is 0 Å². The van der Waals surface area contributed by atoms with Gasteiger partial charge in [-0.2, -0.15) is 5.10 Å². The molecule has 0 spiro atoms. The van der Waals surface area contributed by atoms with Crippen molar-refractivity contribution in [1.82, 2.24) is 20.1 Å². The molecule has 0 saturated carbocycles. The maximum atomic E-state index is 12.3. The van der Waals surface area contributed by atoms with Gasteiger partial charge in [-0.1, -0.05) is 20.3 Å². The SMILES string of the molecule is CCC(C)C(NC(=O)c1ccc(-n2nc(C)cc2C)nc1)C(=O)O. The Morgan fingerprint density at radius 1 is 1.33 bits per heavy atom. The summed E-state index contributed by atoms with van der Waals surface area (Å²) in [6.07, 6.45) is 2.09. The van der Waals surface area contributed by atoms with E-state index in [1.165, 1.54) is 6.20 Å². The molecule has 2 heterocycles. The minimum absolute atomic E-state index is 0.159. The monoisotopic (exact) mass is 330 g/mol. The first-order chi connectivity index (χ1) is 11.3. The van der Waals surface area contributed by atoms with Gasteiger partial charge in [-0.15, -0.1) is 0 Å². The lowest BCUT2D eigenvalue weighted by atomic mass is 9.99. The zero-order chi connectivity index (χ0) is 17.9. The Kier molecular flexibility index (Phi) is 5.33. The van der Waals surface area contributed by atoms with E-state index in [0.29, 0.717) is 17.8 Å². The second kappa shape index (κ2) is 7.25. The molecule has 2 aromatic heterocycles. The first-order valence-electron chi connectivity index (χ1n) is 7.86. The van der Waals surface area contributed by atoms with E-state index in [4.69, 9.17) is 0 Å². The summed E-state index contributed by atoms with van der Waals surface area (Å²) in [5.74, 6) is -1.04. The lowest BCUT2D eigenvalue weighted by Crippen LogP contribution is -2.45. The lowest BCUT2D eigenvalue weighted by molar-refractivity contribution is -0.140. The van der Waals surface area contributed by atoms with Gasteiger partial charge in [-0.05, 0) is 38.0 Å². The first-order valence-corrected chi connectivity index (χ1v) is 7.86. The Hall–Kier alpha value is -2.70. The summed E-state index contributed by atoms with van der Waals surface area (Å²) in [5, 5.41) is 16.1. The van der Waals surface area contributed by atoms with Crippen LogP contribution in [0.2, 0.25) is 0 Å². The molecule has 0 radical (unpaired) electrons. The van der Waals surface area contributed by atoms with Gasteiger partial charge in [0.25, 0.3) is 5.91 Å². The Bertz CT molecular complexity index is 737. The molecule has 1 amide bonds. The summed E-state index contributed by atoms with van der Waals surface area (Å²) in [4.78, 5) is 27.8. The smallest absolute Gasteiger partial charge is 0.326 e. The van der Waals surface area contributed by atoms with Crippen molar-refractivity contribution < 1.29 is 14.7 Å². The molecule has 7 nitrogen and oxygen atoms in total. The molecule has 0 fully saturated rings. The Balaban J connectivity index is 2.16. The summed E-state index contributed by atoms with van der Waals surface area (Å²) < 4.78 is 1.69. The van der Waals surface area contributed by atoms with Crippen LogP contribution in [0.3, 0.4) is 0 Å². The molecule has 24 heavy (non-hydrogen) atoms. The minimum Gasteiger partial charge on any atom is -0.480 e. The number of nitrogens with one attached hydrogen (secondary N) is 1. The van der Waals surface area contributed by atoms with Crippen molar-refractivity contribution in [3.05, 3.63) is 41.3 Å². The summed E-state index contributed by atoms with van der Waals surface area (Å²) in [5.41, 5.74) is 2.14. The number of aromatic nitrogens is 3. The highest BCUT2D eigenvalue weighted by Gasteiger charge is 2.25. The van der Waals surface area contributed by atoms with Crippen LogP contribution in [-0.2, 0) is 4.79 Å². The topological polar surface area (TPSA) is 97.1 Å². The molecule has 0 saturated heterocycles. The fourth-order valence-electron chi connectivity index (χ4n) is 2.41. The van der Waals surface area contributed by atoms with E-state index in [9.17, 15) is 14.7 Å². The maximum absolute atomic E-state index is 12.3. The molecule has 2 atom stereocenters. The van der Waals surface area contributed by atoms with E-state index < -0.39 is 17.9 Å². The lowest BCUT2D eigenvalue weighted by Gasteiger charge is -2.20. The van der Waals surface area contributed by atoms with Crippen LogP contribution >= 0.6 is 0 Å². The third-order valence-corrected chi connectivity index (χ3v) is 4.00. The molecule has 0 aromatic carbocycles. The second-order valence-corrected chi connectivity index (χ2v) is 5.92. The Morgan fingerprint density at radius 3 is 2.50 bits per heavy atom. The highest BCUT2D eigenvalue weighted by atomic mass is 16.4. The average molecular weight is 330 g/mol. The van der Waals surface area contributed by atoms with Crippen LogP contribution < -0.4 is 5.32 Å². The van der Waals surface area contributed by atoms with Gasteiger partial charge < -0.3 is 10.4 Å². The van der Waals surface area contributed by atoms with Gasteiger partial charge in [0, 0.05) is 11.9 Å². The average Bonchev–Trinajstić information content (AvgIpc) is 2.90. The van der Waals surface area contributed by atoms with Gasteiger partial charge in [-0.25, -0.2) is 14.5 Å². The van der Waals surface area contributed by atoms with Gasteiger partial charge in [0.1, 0.15) is 6.04 Å². The Morgan fingerprint density at radius 2 is 2.04 bits per heavy atom. The van der Waals surface area contributed by atoms with E-state index in [1.807, 2.05) is 26.8 Å². The molecule has 7 heteroatoms. The summed E-state index contributed by atoms with van der Waals surface area (Å²) in [6, 6.07) is 4.32. The van der Waals surface area contributed by atoms with E-state index in [1.54, 1.807) is 23.7 Å². The number of pyridine rings is 1. The standard InChI is InChI=1S/C17H22N4O3/c1-5-10(2)15(17(23)24)19-16(22)13-6-7-14(18-9-13)21-12(4)8-11(3)20-21/h6-10,15H,5H2,1-4H3,(H,19,22)(H,23,24). The fourth-order valence-corrected chi connectivity index (χ4v) is 2.41. The van der Waals surface area contributed by atoms with Crippen LogP contribution in [0.4, 0.5) is 0 Å². The molecule has 128 valence electrons. The number of nitrogens with zero attached hydrogens (tertiary/aromatic N) is 3. The van der Waals surface area contributed by atoms with Crippen LogP contribution in [0, 0.1) is 19.8 Å². The van der Waals surface area contributed by atoms with Crippen molar-refractivity contribution in [1.29, 1.82) is 0 Å². The van der Waals surface area contributed by atoms with Crippen LogP contribution in [0.25, 0.3) is 5.82 Å². The molecule has 2 rings (SSSR count). The largest absolute Gasteiger partial charge is 0.480 e. The van der Waals surface area contributed by atoms with Crippen LogP contribution in [-0.4, -0.2) is 37.8 Å². The molecule has 0 aliphatic heterocycles. The predicted molar refractivity (Wildman–Crippen MR) is 89.2 cm³/mol. The second-order valence-electron chi connectivity index (χ2n) is 5.92. The molecule has 2 aromatic rings. The van der Waals surface area contributed by atoms with Crippen molar-refractivity contribution in [2.45, 2.75) is 40.2 Å². The van der Waals surface area contributed by atoms with Gasteiger partial charge in [0.05, 0.1) is 11.3 Å². The van der Waals surface area contributed by atoms with Gasteiger partial charge in [0.2, 0.25) is 0 Å². The quantitative estimate of drug-likeness (QED) is 0.845. The fraction of sp³-hybridized carbons (Fsp3) is 0.412. The van der Waals surface area contributed by atoms with Crippen LogP contribution in [0.1, 0.15) is 42.0 Å². The third kappa shape index (κ3) is 3.79. The van der Waals surface area contributed by atoms with Crippen molar-refractivity contribution in [3.8, 4) is 5.82 Å². The third-order valence-electron chi connectivity index (χ3n) is 4.00. The number of carbonyl (C=O) groups excluding carboxylic acids is 1. The van der Waals surface area contributed by atoms with E-state index in [0.717, 1.165) is 11.4 Å². The molecule has 0 bridgehead atoms. The predicted octanol–water partition coefficient (Wildman–Crippen LogP) is 2.11. The van der Waals surface area contributed by atoms with Crippen molar-refractivity contribution in [3.63, 3.8) is 0 Å². The number of carboxylic acid groups (broad SMARTS) is 1. The summed E-state index contributed by atoms with van der Waals surface area (Å²) in [6.45, 7) is 7.50. The van der Waals surface area contributed by atoms with Gasteiger partial charge >= 0.3 is 5.97 Å². The zero-order valence-corrected chi connectivity index (χ0v) is 14.3. The molecule has 0 aliphatic carbocycles. The molecule has 2 unspecified atom stereocenters. The normalized spacial score (nSPS) is 13.3. The number of hydrogen-bond donors (Lipinski definition) is 2. The maximum Gasteiger partial charge on any atom is 0.326 e. The number of rotatable bonds is 6. The van der Waals surface area contributed by atoms with Gasteiger partial charge in [-0.3, -0.25) is 4.79 Å². The van der Waals surface area contributed by atoms with Crippen molar-refractivity contribution in [2.75, 3.05) is 0 Å². The molecular formula is C17H22N4O3. The zero-order valence-electron chi connectivity index (χ0n) is 14.3. The van der Waals surface area contributed by atoms with E-state index in [2.05, 4.69) is 15.4 Å². The van der Waals surface area contributed by atoms with Crippen molar-refractivity contribution in [2.24, 2.45) is 5.92 Å². The first kappa shape index (κ1) is 17.7. The number of carboxylic acids is 1. The van der Waals surface area contributed by atoms with Crippen LogP contribution in [0.15, 0.2) is 24.4 Å². The number of aryl methyl sites for hydroxylation is 2. The summed E-state index contributed by atoms with van der Waals surface area (Å²) >= 11 is 0. The Labute approximate surface area is 140 Å². The van der Waals surface area contributed by atoms with E-state index >= 15 is 0 Å². The number of hydrogen-bond acceptors (Lipinski definition) is 4. The number of carbonyl (C=O) groups is 2. The highest BCUT2D eigenvalue weighted by Crippen LogP contribution is 2.12. The van der Waals surface area contributed by atoms with Crippen molar-refractivity contribution >= 4 is 11.9 Å². The molecular weight excluding hydrogens is 308 g/mol.